The fourth-order valence-corrected chi connectivity index (χ4v) is 2.45. The Morgan fingerprint density at radius 2 is 2.06 bits per heavy atom. The highest BCUT2D eigenvalue weighted by Gasteiger charge is 2.24. The molecule has 0 spiro atoms. The highest BCUT2D eigenvalue weighted by molar-refractivity contribution is 6.35. The number of benzene rings is 1. The quantitative estimate of drug-likeness (QED) is 0.824. The third-order valence-electron chi connectivity index (χ3n) is 3.02. The minimum Gasteiger partial charge on any atom is -0.375 e. The van der Waals surface area contributed by atoms with Gasteiger partial charge in [0.1, 0.15) is 0 Å². The molecule has 4 heteroatoms. The molecule has 1 aromatic carbocycles. The standard InChI is InChI=1S/C13H16Cl2O2/c1-2-9-6-10(7-16-9)17-8-11-12(14)4-3-5-13(11)15/h3-5,9-10H,2,6-8H2,1H3. The van der Waals surface area contributed by atoms with Crippen LogP contribution in [0.4, 0.5) is 0 Å². The molecular weight excluding hydrogens is 259 g/mol. The van der Waals surface area contributed by atoms with Gasteiger partial charge >= 0.3 is 0 Å². The third kappa shape index (κ3) is 3.35. The van der Waals surface area contributed by atoms with Crippen LogP contribution in [-0.4, -0.2) is 18.8 Å². The summed E-state index contributed by atoms with van der Waals surface area (Å²) < 4.78 is 11.4. The van der Waals surface area contributed by atoms with Gasteiger partial charge < -0.3 is 9.47 Å². The lowest BCUT2D eigenvalue weighted by Gasteiger charge is -2.12. The van der Waals surface area contributed by atoms with Crippen LogP contribution in [-0.2, 0) is 16.1 Å². The largest absolute Gasteiger partial charge is 0.375 e. The molecular formula is C13H16Cl2O2. The number of halogens is 2. The van der Waals surface area contributed by atoms with E-state index in [0.717, 1.165) is 18.4 Å². The normalized spacial score (nSPS) is 24.2. The Labute approximate surface area is 112 Å². The highest BCUT2D eigenvalue weighted by Crippen LogP contribution is 2.27. The first-order valence-electron chi connectivity index (χ1n) is 5.86. The molecule has 1 aromatic rings. The van der Waals surface area contributed by atoms with Gasteiger partial charge in [0.2, 0.25) is 0 Å². The van der Waals surface area contributed by atoms with E-state index in [4.69, 9.17) is 32.7 Å². The molecule has 0 amide bonds. The maximum absolute atomic E-state index is 6.08. The summed E-state index contributed by atoms with van der Waals surface area (Å²) in [7, 11) is 0. The van der Waals surface area contributed by atoms with E-state index in [-0.39, 0.29) is 6.10 Å². The fraction of sp³-hybridized carbons (Fsp3) is 0.538. The lowest BCUT2D eigenvalue weighted by molar-refractivity contribution is 0.0275. The molecule has 0 aromatic heterocycles. The first-order chi connectivity index (χ1) is 8.20. The van der Waals surface area contributed by atoms with Crippen molar-refractivity contribution in [2.75, 3.05) is 6.61 Å². The van der Waals surface area contributed by atoms with Gasteiger partial charge in [0.05, 0.1) is 25.4 Å². The average molecular weight is 275 g/mol. The molecule has 0 N–H and O–H groups in total. The molecule has 1 aliphatic heterocycles. The van der Waals surface area contributed by atoms with Gasteiger partial charge in [-0.1, -0.05) is 36.2 Å². The van der Waals surface area contributed by atoms with Crippen LogP contribution >= 0.6 is 23.2 Å². The second kappa shape index (κ2) is 6.05. The molecule has 2 atom stereocenters. The summed E-state index contributed by atoms with van der Waals surface area (Å²) in [5, 5.41) is 1.31. The molecule has 1 heterocycles. The summed E-state index contributed by atoms with van der Waals surface area (Å²) >= 11 is 12.2. The van der Waals surface area contributed by atoms with Crippen molar-refractivity contribution >= 4 is 23.2 Å². The van der Waals surface area contributed by atoms with Crippen molar-refractivity contribution in [3.8, 4) is 0 Å². The lowest BCUT2D eigenvalue weighted by Crippen LogP contribution is -2.13. The molecule has 17 heavy (non-hydrogen) atoms. The summed E-state index contributed by atoms with van der Waals surface area (Å²) in [4.78, 5) is 0. The van der Waals surface area contributed by atoms with E-state index < -0.39 is 0 Å². The molecule has 2 rings (SSSR count). The van der Waals surface area contributed by atoms with E-state index in [2.05, 4.69) is 6.92 Å². The topological polar surface area (TPSA) is 18.5 Å². The zero-order valence-electron chi connectivity index (χ0n) is 9.79. The maximum Gasteiger partial charge on any atom is 0.0837 e. The van der Waals surface area contributed by atoms with Gasteiger partial charge in [0, 0.05) is 22.0 Å². The molecule has 1 aliphatic rings. The van der Waals surface area contributed by atoms with E-state index in [1.165, 1.54) is 0 Å². The van der Waals surface area contributed by atoms with Gasteiger partial charge in [-0.15, -0.1) is 0 Å². The Balaban J connectivity index is 1.90. The number of ether oxygens (including phenoxy) is 2. The number of hydrogen-bond acceptors (Lipinski definition) is 2. The average Bonchev–Trinajstić information content (AvgIpc) is 2.76. The molecule has 0 radical (unpaired) electrons. The Hall–Kier alpha value is -0.280. The molecule has 2 unspecified atom stereocenters. The summed E-state index contributed by atoms with van der Waals surface area (Å²) in [6, 6.07) is 5.48. The van der Waals surface area contributed by atoms with Crippen LogP contribution < -0.4 is 0 Å². The van der Waals surface area contributed by atoms with E-state index in [9.17, 15) is 0 Å². The van der Waals surface area contributed by atoms with E-state index in [1.54, 1.807) is 0 Å². The van der Waals surface area contributed by atoms with Crippen molar-refractivity contribution in [3.63, 3.8) is 0 Å². The zero-order chi connectivity index (χ0) is 12.3. The minimum atomic E-state index is 0.160. The Morgan fingerprint density at radius 1 is 1.35 bits per heavy atom. The van der Waals surface area contributed by atoms with Crippen LogP contribution in [0.1, 0.15) is 25.3 Å². The first-order valence-corrected chi connectivity index (χ1v) is 6.62. The summed E-state index contributed by atoms with van der Waals surface area (Å²) in [5.74, 6) is 0. The van der Waals surface area contributed by atoms with Crippen molar-refractivity contribution in [1.29, 1.82) is 0 Å². The van der Waals surface area contributed by atoms with Crippen LogP contribution in [0.2, 0.25) is 10.0 Å². The predicted octanol–water partition coefficient (Wildman–Crippen LogP) is 4.08. The lowest BCUT2D eigenvalue weighted by atomic mass is 10.1. The highest BCUT2D eigenvalue weighted by atomic mass is 35.5. The molecule has 0 saturated carbocycles. The van der Waals surface area contributed by atoms with Gasteiger partial charge in [-0.2, -0.15) is 0 Å². The van der Waals surface area contributed by atoms with E-state index in [1.807, 2.05) is 18.2 Å². The van der Waals surface area contributed by atoms with Crippen molar-refractivity contribution < 1.29 is 9.47 Å². The monoisotopic (exact) mass is 274 g/mol. The SMILES string of the molecule is CCC1CC(OCc2c(Cl)cccc2Cl)CO1. The molecule has 1 fully saturated rings. The van der Waals surface area contributed by atoms with Gasteiger partial charge in [-0.3, -0.25) is 0 Å². The van der Waals surface area contributed by atoms with Crippen LogP contribution in [0, 0.1) is 0 Å². The fourth-order valence-electron chi connectivity index (χ4n) is 1.94. The minimum absolute atomic E-state index is 0.160. The molecule has 0 bridgehead atoms. The second-order valence-electron chi connectivity index (χ2n) is 4.23. The Morgan fingerprint density at radius 3 is 2.65 bits per heavy atom. The van der Waals surface area contributed by atoms with Crippen molar-refractivity contribution in [3.05, 3.63) is 33.8 Å². The number of hydrogen-bond donors (Lipinski definition) is 0. The van der Waals surface area contributed by atoms with Crippen LogP contribution in [0.15, 0.2) is 18.2 Å². The zero-order valence-corrected chi connectivity index (χ0v) is 11.3. The van der Waals surface area contributed by atoms with Gasteiger partial charge in [0.15, 0.2) is 0 Å². The summed E-state index contributed by atoms with van der Waals surface area (Å²) in [6.45, 7) is 3.24. The van der Waals surface area contributed by atoms with Gasteiger partial charge in [-0.05, 0) is 18.6 Å². The van der Waals surface area contributed by atoms with Crippen LogP contribution in [0.5, 0.6) is 0 Å². The molecule has 94 valence electrons. The molecule has 1 saturated heterocycles. The predicted molar refractivity (Wildman–Crippen MR) is 69.7 cm³/mol. The second-order valence-corrected chi connectivity index (χ2v) is 5.05. The van der Waals surface area contributed by atoms with Crippen molar-refractivity contribution in [1.82, 2.24) is 0 Å². The van der Waals surface area contributed by atoms with Crippen molar-refractivity contribution in [2.24, 2.45) is 0 Å². The van der Waals surface area contributed by atoms with Crippen LogP contribution in [0.3, 0.4) is 0 Å². The van der Waals surface area contributed by atoms with Crippen molar-refractivity contribution in [2.45, 2.75) is 38.6 Å². The Bertz CT molecular complexity index is 361. The van der Waals surface area contributed by atoms with Crippen LogP contribution in [0.25, 0.3) is 0 Å². The molecule has 0 aliphatic carbocycles. The summed E-state index contributed by atoms with van der Waals surface area (Å²) in [6.07, 6.45) is 2.49. The maximum atomic E-state index is 6.08. The Kier molecular flexibility index (Phi) is 4.69. The number of rotatable bonds is 4. The van der Waals surface area contributed by atoms with Gasteiger partial charge in [-0.25, -0.2) is 0 Å². The smallest absolute Gasteiger partial charge is 0.0837 e. The summed E-state index contributed by atoms with van der Waals surface area (Å²) in [5.41, 5.74) is 0.857. The van der Waals surface area contributed by atoms with E-state index in [0.29, 0.717) is 29.4 Å². The first kappa shape index (κ1) is 13.2. The molecule has 2 nitrogen and oxygen atoms in total. The van der Waals surface area contributed by atoms with Gasteiger partial charge in [0.25, 0.3) is 0 Å². The van der Waals surface area contributed by atoms with E-state index >= 15 is 0 Å². The third-order valence-corrected chi connectivity index (χ3v) is 3.73.